The van der Waals surface area contributed by atoms with E-state index in [1.807, 2.05) is 0 Å². The molecule has 0 aliphatic rings. The summed E-state index contributed by atoms with van der Waals surface area (Å²) in [5, 5.41) is 9.07. The fourth-order valence-corrected chi connectivity index (χ4v) is 4.36. The lowest BCUT2D eigenvalue weighted by Crippen LogP contribution is -2.47. The van der Waals surface area contributed by atoms with E-state index in [9.17, 15) is 52.7 Å². The van der Waals surface area contributed by atoms with Crippen LogP contribution in [0.1, 0.15) is 27.8 Å². The highest BCUT2D eigenvalue weighted by Crippen LogP contribution is 2.39. The lowest BCUT2D eigenvalue weighted by atomic mass is 10.1. The molecule has 244 valence electrons. The van der Waals surface area contributed by atoms with Crippen molar-refractivity contribution in [3.63, 3.8) is 0 Å². The second kappa shape index (κ2) is 13.7. The summed E-state index contributed by atoms with van der Waals surface area (Å²) in [5.74, 6) is 0. The van der Waals surface area contributed by atoms with Gasteiger partial charge in [-0.1, -0.05) is 30.3 Å². The lowest BCUT2D eigenvalue weighted by Gasteiger charge is -2.23. The van der Waals surface area contributed by atoms with Crippen LogP contribution in [-0.2, 0) is 31.1 Å². The minimum Gasteiger partial charge on any atom is -0.360 e. The highest BCUT2D eigenvalue weighted by Gasteiger charge is 2.38. The van der Waals surface area contributed by atoms with Crippen molar-refractivity contribution in [2.75, 3.05) is 17.2 Å². The number of benzene rings is 3. The van der Waals surface area contributed by atoms with Gasteiger partial charge in [0, 0.05) is 24.0 Å². The zero-order chi connectivity index (χ0) is 33.8. The first kappa shape index (κ1) is 35.7. The molecule has 3 rings (SSSR count). The lowest BCUT2D eigenvalue weighted by molar-refractivity contribution is -0.144. The Morgan fingerprint density at radius 3 is 1.31 bits per heavy atom. The van der Waals surface area contributed by atoms with Crippen LogP contribution in [0, 0.1) is 0 Å². The number of thiocarbonyl (C=S) groups is 2. The van der Waals surface area contributed by atoms with Crippen LogP contribution < -0.4 is 21.3 Å². The van der Waals surface area contributed by atoms with Crippen LogP contribution in [0.25, 0.3) is 0 Å². The minimum atomic E-state index is -5.10. The molecule has 0 fully saturated rings. The molecule has 0 saturated heterocycles. The van der Waals surface area contributed by atoms with Crippen LogP contribution in [0.3, 0.4) is 0 Å². The molecule has 0 aromatic heterocycles. The Morgan fingerprint density at radius 1 is 0.556 bits per heavy atom. The van der Waals surface area contributed by atoms with E-state index in [2.05, 4.69) is 21.3 Å². The van der Waals surface area contributed by atoms with Crippen LogP contribution >= 0.6 is 24.4 Å². The van der Waals surface area contributed by atoms with E-state index in [0.29, 0.717) is 29.8 Å². The van der Waals surface area contributed by atoms with Crippen molar-refractivity contribution in [3.05, 3.63) is 94.5 Å². The average molecular weight is 693 g/mol. The van der Waals surface area contributed by atoms with Gasteiger partial charge in [0.25, 0.3) is 0 Å². The quantitative estimate of drug-likeness (QED) is 0.147. The second-order valence-corrected chi connectivity index (χ2v) is 10.2. The number of rotatable bonds is 7. The highest BCUT2D eigenvalue weighted by molar-refractivity contribution is 7.80. The van der Waals surface area contributed by atoms with Gasteiger partial charge in [-0.15, -0.1) is 0 Å². The third-order valence-electron chi connectivity index (χ3n) is 5.86. The molecule has 18 heteroatoms. The molecule has 0 amide bonds. The monoisotopic (exact) mass is 692 g/mol. The second-order valence-electron chi connectivity index (χ2n) is 9.41. The zero-order valence-electron chi connectivity index (χ0n) is 22.2. The standard InChI is InChI=1S/C27H20F12N4S2/c28-24(29,30)15-7-16(25(31,32)33)10-19(9-15)41-22(44)40-13-21(6-14-4-2-1-3-5-14)43-23(45)42-20-11-17(26(34,35)36)8-18(12-20)27(37,38)39/h1-5,7-12,21H,6,13H2,(H2,40,41,44)(H2,42,43,45)/t21-/m0/s1. The SMILES string of the molecule is FC(F)(F)c1cc(NC(=S)NC[C@H](Cc2ccccc2)NC(=S)Nc2cc(C(F)(F)F)cc(C(F)(F)F)c2)cc(C(F)(F)F)c1. The molecule has 0 aliphatic carbocycles. The van der Waals surface area contributed by atoms with E-state index >= 15 is 0 Å². The fraction of sp³-hybridized carbons (Fsp3) is 0.259. The van der Waals surface area contributed by atoms with Gasteiger partial charge in [-0.25, -0.2) is 0 Å². The maximum absolute atomic E-state index is 13.2. The zero-order valence-corrected chi connectivity index (χ0v) is 23.8. The van der Waals surface area contributed by atoms with E-state index in [4.69, 9.17) is 24.4 Å². The average Bonchev–Trinajstić information content (AvgIpc) is 2.90. The molecular formula is C27H20F12N4S2. The van der Waals surface area contributed by atoms with Crippen molar-refractivity contribution >= 4 is 46.0 Å². The Balaban J connectivity index is 1.78. The molecule has 0 aliphatic heterocycles. The molecule has 0 spiro atoms. The number of halogens is 12. The smallest absolute Gasteiger partial charge is 0.360 e. The topological polar surface area (TPSA) is 48.1 Å². The first-order valence-electron chi connectivity index (χ1n) is 12.4. The van der Waals surface area contributed by atoms with Crippen LogP contribution in [-0.4, -0.2) is 22.8 Å². The number of hydrogen-bond donors (Lipinski definition) is 4. The van der Waals surface area contributed by atoms with E-state index in [1.54, 1.807) is 30.3 Å². The maximum Gasteiger partial charge on any atom is 0.416 e. The Labute approximate surface area is 258 Å². The molecule has 0 unspecified atom stereocenters. The van der Waals surface area contributed by atoms with Crippen molar-refractivity contribution in [3.8, 4) is 0 Å². The van der Waals surface area contributed by atoms with Crippen molar-refractivity contribution in [2.45, 2.75) is 37.2 Å². The van der Waals surface area contributed by atoms with E-state index < -0.39 is 74.6 Å². The van der Waals surface area contributed by atoms with E-state index in [1.165, 1.54) is 0 Å². The molecule has 0 saturated carbocycles. The van der Waals surface area contributed by atoms with E-state index in [-0.39, 0.29) is 25.1 Å². The van der Waals surface area contributed by atoms with Crippen LogP contribution in [0.2, 0.25) is 0 Å². The summed E-state index contributed by atoms with van der Waals surface area (Å²) in [7, 11) is 0. The van der Waals surface area contributed by atoms with E-state index in [0.717, 1.165) is 0 Å². The van der Waals surface area contributed by atoms with Gasteiger partial charge in [0.2, 0.25) is 0 Å². The molecule has 45 heavy (non-hydrogen) atoms. The molecule has 1 atom stereocenters. The highest BCUT2D eigenvalue weighted by atomic mass is 32.1. The Kier molecular flexibility index (Phi) is 10.8. The summed E-state index contributed by atoms with van der Waals surface area (Å²) in [6.07, 6.45) is -20.3. The van der Waals surface area contributed by atoms with Gasteiger partial charge in [-0.2, -0.15) is 52.7 Å². The summed E-state index contributed by atoms with van der Waals surface area (Å²) < 4.78 is 159. The van der Waals surface area contributed by atoms with Crippen LogP contribution in [0.4, 0.5) is 64.1 Å². The van der Waals surface area contributed by atoms with Crippen LogP contribution in [0.5, 0.6) is 0 Å². The maximum atomic E-state index is 13.2. The number of nitrogens with one attached hydrogen (secondary N) is 4. The molecule has 4 N–H and O–H groups in total. The number of anilines is 2. The van der Waals surface area contributed by atoms with Gasteiger partial charge in [0.15, 0.2) is 10.2 Å². The fourth-order valence-electron chi connectivity index (χ4n) is 3.87. The Morgan fingerprint density at radius 2 is 0.933 bits per heavy atom. The van der Waals surface area contributed by atoms with Crippen LogP contribution in [0.15, 0.2) is 66.7 Å². The third-order valence-corrected chi connectivity index (χ3v) is 6.33. The van der Waals surface area contributed by atoms with Gasteiger partial charge in [0.05, 0.1) is 22.3 Å². The minimum absolute atomic E-state index is 0.0558. The predicted octanol–water partition coefficient (Wildman–Crippen LogP) is 8.65. The first-order valence-corrected chi connectivity index (χ1v) is 13.2. The molecule has 0 heterocycles. The first-order chi connectivity index (χ1) is 20.6. The van der Waals surface area contributed by atoms with Gasteiger partial charge in [-0.3, -0.25) is 0 Å². The summed E-state index contributed by atoms with van der Waals surface area (Å²) >= 11 is 10.1. The molecule has 0 radical (unpaired) electrons. The summed E-state index contributed by atoms with van der Waals surface area (Å²) in [6.45, 7) is -0.204. The van der Waals surface area contributed by atoms with Gasteiger partial charge < -0.3 is 21.3 Å². The largest absolute Gasteiger partial charge is 0.416 e. The number of alkyl halides is 12. The summed E-state index contributed by atoms with van der Waals surface area (Å²) in [6, 6.07) is 9.21. The predicted molar refractivity (Wildman–Crippen MR) is 150 cm³/mol. The van der Waals surface area contributed by atoms with Crippen molar-refractivity contribution in [1.29, 1.82) is 0 Å². The van der Waals surface area contributed by atoms with Crippen molar-refractivity contribution < 1.29 is 52.7 Å². The molecule has 3 aromatic rings. The molecule has 3 aromatic carbocycles. The van der Waals surface area contributed by atoms with Gasteiger partial charge in [-0.05, 0) is 72.8 Å². The number of hydrogen-bond acceptors (Lipinski definition) is 2. The molecule has 4 nitrogen and oxygen atoms in total. The van der Waals surface area contributed by atoms with Crippen molar-refractivity contribution in [2.24, 2.45) is 0 Å². The molecule has 0 bridgehead atoms. The molecular weight excluding hydrogens is 672 g/mol. The Bertz CT molecular complexity index is 1440. The summed E-state index contributed by atoms with van der Waals surface area (Å²) in [4.78, 5) is 0. The Hall–Kier alpha value is -3.80. The van der Waals surface area contributed by atoms with Gasteiger partial charge in [0.1, 0.15) is 0 Å². The third kappa shape index (κ3) is 10.9. The van der Waals surface area contributed by atoms with Gasteiger partial charge >= 0.3 is 24.7 Å². The normalized spacial score (nSPS) is 13.2. The summed E-state index contributed by atoms with van der Waals surface area (Å²) in [5.41, 5.74) is -6.87. The van der Waals surface area contributed by atoms with Crippen molar-refractivity contribution in [1.82, 2.24) is 10.6 Å².